The number of carbonyl (C=O) groups is 1. The average Bonchev–Trinajstić information content (AvgIpc) is 3.02. The van der Waals surface area contributed by atoms with E-state index in [-0.39, 0.29) is 36.4 Å². The van der Waals surface area contributed by atoms with Gasteiger partial charge < -0.3 is 29.3 Å². The lowest BCUT2D eigenvalue weighted by Crippen LogP contribution is -3.00. The minimum absolute atomic E-state index is 0. The quantitative estimate of drug-likeness (QED) is 0.327. The van der Waals surface area contributed by atoms with Crippen LogP contribution in [0.3, 0.4) is 0 Å². The predicted molar refractivity (Wildman–Crippen MR) is 112 cm³/mol. The summed E-state index contributed by atoms with van der Waals surface area (Å²) in [6.45, 7) is 5.11. The molecule has 0 atom stereocenters. The van der Waals surface area contributed by atoms with E-state index in [1.807, 2.05) is 60.3 Å². The van der Waals surface area contributed by atoms with Gasteiger partial charge in [-0.2, -0.15) is 0 Å². The zero-order valence-electron chi connectivity index (χ0n) is 16.6. The minimum atomic E-state index is -0.0282. The summed E-state index contributed by atoms with van der Waals surface area (Å²) in [6.07, 6.45) is 2.03. The van der Waals surface area contributed by atoms with Gasteiger partial charge in [-0.25, -0.2) is 9.13 Å². The summed E-state index contributed by atoms with van der Waals surface area (Å²) in [6, 6.07) is 24.6. The van der Waals surface area contributed by atoms with E-state index < -0.39 is 0 Å². The zero-order chi connectivity index (χ0) is 19.5. The molecule has 29 heavy (non-hydrogen) atoms. The molecule has 0 spiro atoms. The van der Waals surface area contributed by atoms with E-state index in [9.17, 15) is 4.79 Å². The molecule has 4 rings (SSSR count). The van der Waals surface area contributed by atoms with Crippen molar-refractivity contribution >= 4 is 22.6 Å². The number of benzene rings is 3. The van der Waals surface area contributed by atoms with Crippen LogP contribution in [0, 0.1) is 13.8 Å². The average molecular weight is 497 g/mol. The Morgan fingerprint density at radius 2 is 1.69 bits per heavy atom. The molecule has 0 aliphatic carbocycles. The van der Waals surface area contributed by atoms with E-state index >= 15 is 0 Å². The van der Waals surface area contributed by atoms with E-state index in [0.717, 1.165) is 28.8 Å². The third-order valence-electron chi connectivity index (χ3n) is 4.95. The number of fused-ring (bicyclic) bond motifs is 1. The predicted octanol–water partition coefficient (Wildman–Crippen LogP) is 1.24. The molecule has 1 amide bonds. The Kier molecular flexibility index (Phi) is 6.69. The smallest absolute Gasteiger partial charge is 0.266 e. The summed E-state index contributed by atoms with van der Waals surface area (Å²) >= 11 is 0. The van der Waals surface area contributed by atoms with E-state index in [2.05, 4.69) is 47.1 Å². The summed E-state index contributed by atoms with van der Waals surface area (Å²) in [7, 11) is 0. The first-order chi connectivity index (χ1) is 13.6. The van der Waals surface area contributed by atoms with Gasteiger partial charge in [0.25, 0.3) is 5.91 Å². The second-order valence-electron chi connectivity index (χ2n) is 7.21. The van der Waals surface area contributed by atoms with Crippen molar-refractivity contribution in [2.45, 2.75) is 26.9 Å². The van der Waals surface area contributed by atoms with Gasteiger partial charge in [0.15, 0.2) is 17.6 Å². The van der Waals surface area contributed by atoms with Crippen LogP contribution in [0.4, 0.5) is 5.69 Å². The van der Waals surface area contributed by atoms with Gasteiger partial charge in [0.05, 0.1) is 0 Å². The number of carbonyl (C=O) groups excluding carboxylic acids is 1. The van der Waals surface area contributed by atoms with Crippen LogP contribution in [0.25, 0.3) is 11.0 Å². The maximum atomic E-state index is 12.7. The van der Waals surface area contributed by atoms with Crippen molar-refractivity contribution in [3.05, 3.63) is 95.8 Å². The van der Waals surface area contributed by atoms with Gasteiger partial charge in [0.1, 0.15) is 6.54 Å². The Hall–Kier alpha value is -2.67. The monoisotopic (exact) mass is 497 g/mol. The molecule has 0 unspecified atom stereocenters. The number of anilines is 1. The van der Waals surface area contributed by atoms with Crippen molar-refractivity contribution in [3.8, 4) is 0 Å². The summed E-state index contributed by atoms with van der Waals surface area (Å²) in [5.74, 6) is -0.0282. The Bertz CT molecular complexity index is 1140. The Morgan fingerprint density at radius 3 is 2.45 bits per heavy atom. The molecule has 1 aromatic heterocycles. The Labute approximate surface area is 188 Å². The van der Waals surface area contributed by atoms with Gasteiger partial charge in [-0.1, -0.05) is 60.2 Å². The highest BCUT2D eigenvalue weighted by Gasteiger charge is 2.18. The van der Waals surface area contributed by atoms with Gasteiger partial charge in [-0.05, 0) is 43.2 Å². The third-order valence-corrected chi connectivity index (χ3v) is 4.95. The lowest BCUT2D eigenvalue weighted by atomic mass is 10.1. The normalized spacial score (nSPS) is 10.6. The number of halogens is 1. The molecule has 0 fully saturated rings. The molecule has 148 valence electrons. The van der Waals surface area contributed by atoms with Crippen molar-refractivity contribution in [2.24, 2.45) is 0 Å². The topological polar surface area (TPSA) is 37.9 Å². The fourth-order valence-electron chi connectivity index (χ4n) is 3.57. The molecule has 0 saturated heterocycles. The molecule has 0 radical (unpaired) electrons. The molecule has 0 aliphatic rings. The summed E-state index contributed by atoms with van der Waals surface area (Å²) in [4.78, 5) is 12.7. The first-order valence-corrected chi connectivity index (χ1v) is 9.48. The molecule has 5 heteroatoms. The summed E-state index contributed by atoms with van der Waals surface area (Å²) in [5.41, 5.74) is 6.53. The molecule has 0 saturated carbocycles. The van der Waals surface area contributed by atoms with Crippen LogP contribution in [-0.2, 0) is 17.9 Å². The fraction of sp³-hybridized carbons (Fsp3) is 0.167. The summed E-state index contributed by atoms with van der Waals surface area (Å²) < 4.78 is 4.20. The van der Waals surface area contributed by atoms with Gasteiger partial charge >= 0.3 is 0 Å². The highest BCUT2D eigenvalue weighted by Crippen LogP contribution is 2.17. The highest BCUT2D eigenvalue weighted by molar-refractivity contribution is 5.92. The van der Waals surface area contributed by atoms with E-state index in [1.165, 1.54) is 11.1 Å². The zero-order valence-corrected chi connectivity index (χ0v) is 18.8. The number of aromatic nitrogens is 2. The summed E-state index contributed by atoms with van der Waals surface area (Å²) in [5, 5.41) is 3.04. The van der Waals surface area contributed by atoms with Crippen molar-refractivity contribution in [1.29, 1.82) is 0 Å². The Morgan fingerprint density at radius 1 is 0.966 bits per heavy atom. The molecule has 4 aromatic rings. The van der Waals surface area contributed by atoms with Gasteiger partial charge in [-0.15, -0.1) is 0 Å². The van der Waals surface area contributed by atoms with Crippen LogP contribution >= 0.6 is 0 Å². The fourth-order valence-corrected chi connectivity index (χ4v) is 3.57. The van der Waals surface area contributed by atoms with Crippen LogP contribution in [0.5, 0.6) is 0 Å². The number of para-hydroxylation sites is 2. The van der Waals surface area contributed by atoms with Crippen molar-refractivity contribution in [1.82, 2.24) is 4.57 Å². The van der Waals surface area contributed by atoms with Crippen LogP contribution < -0.4 is 33.9 Å². The number of nitrogens with zero attached hydrogens (tertiary/aromatic N) is 2. The van der Waals surface area contributed by atoms with Crippen molar-refractivity contribution in [2.75, 3.05) is 5.32 Å². The van der Waals surface area contributed by atoms with E-state index in [0.29, 0.717) is 0 Å². The number of imidazole rings is 1. The molecule has 0 bridgehead atoms. The molecule has 4 nitrogen and oxygen atoms in total. The van der Waals surface area contributed by atoms with Crippen LogP contribution in [0.1, 0.15) is 16.7 Å². The van der Waals surface area contributed by atoms with Crippen LogP contribution in [-0.4, -0.2) is 10.5 Å². The lowest BCUT2D eigenvalue weighted by Gasteiger charge is -2.08. The maximum Gasteiger partial charge on any atom is 0.266 e. The first kappa shape index (κ1) is 21.0. The van der Waals surface area contributed by atoms with Crippen LogP contribution in [0.15, 0.2) is 79.1 Å². The molecular weight excluding hydrogens is 473 g/mol. The number of rotatable bonds is 5. The lowest BCUT2D eigenvalue weighted by molar-refractivity contribution is -0.663. The van der Waals surface area contributed by atoms with Crippen molar-refractivity contribution in [3.63, 3.8) is 0 Å². The Balaban J connectivity index is 0.00000240. The SMILES string of the molecule is Cc1ccc(NC(=O)Cn2c[n+](Cc3ccccc3)c3ccccc32)c(C)c1.[I-]. The number of nitrogens with one attached hydrogen (secondary N) is 1. The van der Waals surface area contributed by atoms with Crippen LogP contribution in [0.2, 0.25) is 0 Å². The number of hydrogen-bond donors (Lipinski definition) is 1. The highest BCUT2D eigenvalue weighted by atomic mass is 127. The van der Waals surface area contributed by atoms with Gasteiger partial charge in [0, 0.05) is 5.69 Å². The minimum Gasteiger partial charge on any atom is -1.00 e. The molecule has 0 aliphatic heterocycles. The largest absolute Gasteiger partial charge is 1.00 e. The number of aryl methyl sites for hydroxylation is 2. The van der Waals surface area contributed by atoms with Gasteiger partial charge in [-0.3, -0.25) is 4.79 Å². The van der Waals surface area contributed by atoms with E-state index in [1.54, 1.807) is 0 Å². The second-order valence-corrected chi connectivity index (χ2v) is 7.21. The van der Waals surface area contributed by atoms with Gasteiger partial charge in [0.2, 0.25) is 6.33 Å². The number of hydrogen-bond acceptors (Lipinski definition) is 1. The first-order valence-electron chi connectivity index (χ1n) is 9.48. The molecule has 1 N–H and O–H groups in total. The number of amides is 1. The standard InChI is InChI=1S/C24H23N3O.HI/c1-18-12-13-21(19(2)14-18)25-24(28)16-27-17-26(15-20-8-4-3-5-9-20)22-10-6-7-11-23(22)27;/h3-14,17H,15-16H2,1-2H3;1H. The maximum absolute atomic E-state index is 12.7. The van der Waals surface area contributed by atoms with Crippen molar-refractivity contribution < 1.29 is 33.3 Å². The second kappa shape index (κ2) is 9.22. The molecule has 1 heterocycles. The third kappa shape index (κ3) is 4.85. The van der Waals surface area contributed by atoms with E-state index in [4.69, 9.17) is 0 Å². The molecular formula is C24H24IN3O. The molecule has 3 aromatic carbocycles.